The standard InChI is InChI=1S/C6H16O3Si.H2/c1-4-7-10(8-5-2)9-6-3;/h10H,4-6H2,1-3H3;1H. The topological polar surface area (TPSA) is 27.7 Å². The van der Waals surface area contributed by atoms with Gasteiger partial charge in [0, 0.05) is 21.2 Å². The van der Waals surface area contributed by atoms with E-state index in [0.717, 1.165) is 0 Å². The van der Waals surface area contributed by atoms with Crippen LogP contribution in [0.4, 0.5) is 0 Å². The molecule has 0 bridgehead atoms. The Morgan fingerprint density at radius 3 is 1.40 bits per heavy atom. The highest BCUT2D eigenvalue weighted by molar-refractivity contribution is 6.36. The molecule has 0 aliphatic heterocycles. The molecule has 0 N–H and O–H groups in total. The van der Waals surface area contributed by atoms with E-state index in [-0.39, 0.29) is 1.43 Å². The summed E-state index contributed by atoms with van der Waals surface area (Å²) in [5.41, 5.74) is 0. The molecule has 0 aromatic carbocycles. The summed E-state index contributed by atoms with van der Waals surface area (Å²) < 4.78 is 15.7. The second-order valence-corrected chi connectivity index (χ2v) is 3.23. The summed E-state index contributed by atoms with van der Waals surface area (Å²) in [4.78, 5) is 0. The molecule has 0 aromatic heterocycles. The minimum atomic E-state index is -1.73. The summed E-state index contributed by atoms with van der Waals surface area (Å²) in [7, 11) is -1.73. The lowest BCUT2D eigenvalue weighted by atomic mass is 10.9. The SMILES string of the molecule is CCO[SiH](OCC)OCC.[HH]. The van der Waals surface area contributed by atoms with E-state index in [1.165, 1.54) is 0 Å². The molecule has 0 aliphatic rings. The third kappa shape index (κ3) is 4.93. The number of hydrogen-bond donors (Lipinski definition) is 0. The zero-order valence-corrected chi connectivity index (χ0v) is 8.08. The molecule has 0 unspecified atom stereocenters. The summed E-state index contributed by atoms with van der Waals surface area (Å²) >= 11 is 0. The van der Waals surface area contributed by atoms with Crippen LogP contribution in [0, 0.1) is 0 Å². The molecule has 3 nitrogen and oxygen atoms in total. The molecule has 0 amide bonds. The molecule has 0 saturated carbocycles. The quantitative estimate of drug-likeness (QED) is 0.552. The summed E-state index contributed by atoms with van der Waals surface area (Å²) in [6, 6.07) is 0. The third-order valence-electron chi connectivity index (χ3n) is 0.908. The Morgan fingerprint density at radius 2 is 1.20 bits per heavy atom. The molecule has 0 fully saturated rings. The molecule has 0 saturated heterocycles. The predicted octanol–water partition coefficient (Wildman–Crippen LogP) is 1.06. The molecule has 0 aliphatic carbocycles. The van der Waals surface area contributed by atoms with Crippen LogP contribution in [0.15, 0.2) is 0 Å². The van der Waals surface area contributed by atoms with Gasteiger partial charge in [0.1, 0.15) is 0 Å². The minimum absolute atomic E-state index is 0. The Bertz CT molecular complexity index is 60.6. The fraction of sp³-hybridized carbons (Fsp3) is 1.00. The van der Waals surface area contributed by atoms with Crippen molar-refractivity contribution in [2.75, 3.05) is 19.8 Å². The lowest BCUT2D eigenvalue weighted by molar-refractivity contribution is 0.107. The highest BCUT2D eigenvalue weighted by Crippen LogP contribution is 1.90. The lowest BCUT2D eigenvalue weighted by Gasteiger charge is -2.12. The van der Waals surface area contributed by atoms with Crippen LogP contribution >= 0.6 is 0 Å². The highest BCUT2D eigenvalue weighted by Gasteiger charge is 2.11. The van der Waals surface area contributed by atoms with Crippen molar-refractivity contribution in [2.24, 2.45) is 0 Å². The third-order valence-corrected chi connectivity index (χ3v) is 2.72. The Hall–Kier alpha value is 0.0969. The van der Waals surface area contributed by atoms with Crippen LogP contribution in [0.3, 0.4) is 0 Å². The van der Waals surface area contributed by atoms with Crippen molar-refractivity contribution in [1.82, 2.24) is 0 Å². The Labute approximate surface area is 65.7 Å². The van der Waals surface area contributed by atoms with Gasteiger partial charge in [0.2, 0.25) is 0 Å². The molecule has 0 radical (unpaired) electrons. The first kappa shape index (κ1) is 10.1. The summed E-state index contributed by atoms with van der Waals surface area (Å²) in [5.74, 6) is 0. The molecular weight excluding hydrogens is 148 g/mol. The second kappa shape index (κ2) is 7.21. The van der Waals surface area contributed by atoms with Crippen LogP contribution < -0.4 is 0 Å². The average molecular weight is 166 g/mol. The monoisotopic (exact) mass is 166 g/mol. The van der Waals surface area contributed by atoms with Gasteiger partial charge in [-0.2, -0.15) is 0 Å². The van der Waals surface area contributed by atoms with Gasteiger partial charge in [0.25, 0.3) is 0 Å². The first-order valence-corrected chi connectivity index (χ1v) is 5.11. The van der Waals surface area contributed by atoms with Crippen molar-refractivity contribution in [2.45, 2.75) is 20.8 Å². The van der Waals surface area contributed by atoms with E-state index in [4.69, 9.17) is 13.3 Å². The van der Waals surface area contributed by atoms with Crippen LogP contribution in [-0.2, 0) is 13.3 Å². The largest absolute Gasteiger partial charge is 0.484 e. The molecule has 0 spiro atoms. The summed E-state index contributed by atoms with van der Waals surface area (Å²) in [5, 5.41) is 0. The molecule has 0 aromatic rings. The van der Waals surface area contributed by atoms with Crippen molar-refractivity contribution in [3.63, 3.8) is 0 Å². The normalized spacial score (nSPS) is 10.8. The van der Waals surface area contributed by atoms with E-state index in [9.17, 15) is 0 Å². The van der Waals surface area contributed by atoms with Crippen molar-refractivity contribution < 1.29 is 14.7 Å². The maximum Gasteiger partial charge on any atom is 0.484 e. The van der Waals surface area contributed by atoms with Crippen molar-refractivity contribution >= 4 is 9.53 Å². The van der Waals surface area contributed by atoms with Crippen molar-refractivity contribution in [3.05, 3.63) is 0 Å². The van der Waals surface area contributed by atoms with E-state index in [1.807, 2.05) is 20.8 Å². The Morgan fingerprint density at radius 1 is 0.900 bits per heavy atom. The van der Waals surface area contributed by atoms with E-state index >= 15 is 0 Å². The van der Waals surface area contributed by atoms with E-state index in [2.05, 4.69) is 0 Å². The molecule has 10 heavy (non-hydrogen) atoms. The van der Waals surface area contributed by atoms with Gasteiger partial charge in [-0.15, -0.1) is 0 Å². The van der Waals surface area contributed by atoms with Crippen LogP contribution in [-0.4, -0.2) is 29.3 Å². The van der Waals surface area contributed by atoms with E-state index in [0.29, 0.717) is 19.8 Å². The molecule has 0 atom stereocenters. The number of hydrogen-bond acceptors (Lipinski definition) is 3. The van der Waals surface area contributed by atoms with Gasteiger partial charge in [0.05, 0.1) is 0 Å². The van der Waals surface area contributed by atoms with Gasteiger partial charge < -0.3 is 13.3 Å². The van der Waals surface area contributed by atoms with Crippen LogP contribution in [0.1, 0.15) is 22.2 Å². The van der Waals surface area contributed by atoms with Crippen LogP contribution in [0.2, 0.25) is 0 Å². The molecule has 64 valence electrons. The minimum Gasteiger partial charge on any atom is -0.376 e. The fourth-order valence-electron chi connectivity index (χ4n) is 0.553. The zero-order chi connectivity index (χ0) is 7.82. The summed E-state index contributed by atoms with van der Waals surface area (Å²) in [6.45, 7) is 7.86. The van der Waals surface area contributed by atoms with Gasteiger partial charge in [-0.05, 0) is 20.8 Å². The first-order chi connectivity index (χ1) is 4.85. The van der Waals surface area contributed by atoms with Crippen LogP contribution in [0.25, 0.3) is 0 Å². The lowest BCUT2D eigenvalue weighted by Crippen LogP contribution is -2.27. The smallest absolute Gasteiger partial charge is 0.376 e. The van der Waals surface area contributed by atoms with Crippen LogP contribution in [0.5, 0.6) is 0 Å². The van der Waals surface area contributed by atoms with Crippen molar-refractivity contribution in [1.29, 1.82) is 0 Å². The molecule has 0 rings (SSSR count). The maximum absolute atomic E-state index is 5.22. The number of rotatable bonds is 6. The second-order valence-electron chi connectivity index (χ2n) is 1.65. The van der Waals surface area contributed by atoms with Gasteiger partial charge in [-0.3, -0.25) is 0 Å². The fourth-order valence-corrected chi connectivity index (χ4v) is 1.66. The van der Waals surface area contributed by atoms with Gasteiger partial charge >= 0.3 is 9.53 Å². The van der Waals surface area contributed by atoms with Gasteiger partial charge in [-0.1, -0.05) is 0 Å². The average Bonchev–Trinajstić information content (AvgIpc) is 1.90. The highest BCUT2D eigenvalue weighted by atomic mass is 28.3. The molecule has 4 heteroatoms. The maximum atomic E-state index is 5.22. The van der Waals surface area contributed by atoms with Gasteiger partial charge in [0.15, 0.2) is 0 Å². The Kier molecular flexibility index (Phi) is 7.28. The zero-order valence-electron chi connectivity index (χ0n) is 6.92. The van der Waals surface area contributed by atoms with E-state index in [1.54, 1.807) is 0 Å². The summed E-state index contributed by atoms with van der Waals surface area (Å²) in [6.07, 6.45) is 0. The molecule has 0 heterocycles. The Balaban J connectivity index is 0. The predicted molar refractivity (Wildman–Crippen MR) is 44.1 cm³/mol. The van der Waals surface area contributed by atoms with Crippen molar-refractivity contribution in [3.8, 4) is 0 Å². The van der Waals surface area contributed by atoms with Gasteiger partial charge in [-0.25, -0.2) is 0 Å². The first-order valence-electron chi connectivity index (χ1n) is 3.69. The van der Waals surface area contributed by atoms with E-state index < -0.39 is 9.53 Å². The molecular formula is C6H18O3Si.